The number of carbonyl (C=O) groups excluding carboxylic acids is 1. The lowest BCUT2D eigenvalue weighted by atomic mass is 9.86. The number of anilines is 2. The lowest BCUT2D eigenvalue weighted by Gasteiger charge is -2.22. The summed E-state index contributed by atoms with van der Waals surface area (Å²) in [6, 6.07) is 22.1. The molecule has 6 rings (SSSR count). The fourth-order valence-electron chi connectivity index (χ4n) is 4.28. The Bertz CT molecular complexity index is 1470. The average molecular weight is 450 g/mol. The van der Waals surface area contributed by atoms with Gasteiger partial charge >= 0.3 is 0 Å². The maximum Gasteiger partial charge on any atom is 0.230 e. The molecule has 0 amide bonds. The molecule has 0 radical (unpaired) electrons. The molecule has 1 atom stereocenters. The molecule has 0 spiro atoms. The molecule has 6 nitrogen and oxygen atoms in total. The number of fused-ring (bicyclic) bond motifs is 2. The first-order chi connectivity index (χ1) is 16.2. The van der Waals surface area contributed by atoms with Crippen LogP contribution in [0.25, 0.3) is 22.2 Å². The van der Waals surface area contributed by atoms with E-state index in [1.807, 2.05) is 66.0 Å². The van der Waals surface area contributed by atoms with Crippen molar-refractivity contribution in [2.24, 2.45) is 0 Å². The van der Waals surface area contributed by atoms with Crippen molar-refractivity contribution in [1.29, 1.82) is 0 Å². The van der Waals surface area contributed by atoms with E-state index in [0.29, 0.717) is 30.3 Å². The molecule has 3 heterocycles. The van der Waals surface area contributed by atoms with Crippen molar-refractivity contribution in [2.75, 3.05) is 5.32 Å². The van der Waals surface area contributed by atoms with Crippen LogP contribution < -0.4 is 5.32 Å². The number of para-hydroxylation sites is 1. The third-order valence-electron chi connectivity index (χ3n) is 5.86. The highest BCUT2D eigenvalue weighted by Gasteiger charge is 2.28. The Labute approximate surface area is 194 Å². The van der Waals surface area contributed by atoms with E-state index in [1.165, 1.54) is 4.88 Å². The molecule has 1 aliphatic carbocycles. The number of nitrogens with zero attached hydrogens (tertiary/aromatic N) is 4. The molecule has 1 N–H and O–H groups in total. The molecule has 0 aliphatic heterocycles. The van der Waals surface area contributed by atoms with Gasteiger partial charge in [0, 0.05) is 34.4 Å². The van der Waals surface area contributed by atoms with Crippen LogP contribution in [-0.4, -0.2) is 25.7 Å². The molecule has 3 aromatic heterocycles. The largest absolute Gasteiger partial charge is 0.294 e. The minimum Gasteiger partial charge on any atom is -0.294 e. The second-order valence-electron chi connectivity index (χ2n) is 8.00. The lowest BCUT2D eigenvalue weighted by molar-refractivity contribution is 0.0963. The van der Waals surface area contributed by atoms with Crippen LogP contribution in [0, 0.1) is 0 Å². The number of rotatable bonds is 4. The van der Waals surface area contributed by atoms with Gasteiger partial charge in [-0.15, -0.1) is 11.3 Å². The van der Waals surface area contributed by atoms with Gasteiger partial charge in [0.05, 0.1) is 22.5 Å². The summed E-state index contributed by atoms with van der Waals surface area (Å²) in [5.41, 5.74) is 4.06. The molecule has 1 aliphatic rings. The number of ketones is 1. The van der Waals surface area contributed by atoms with Gasteiger partial charge in [-0.1, -0.05) is 54.6 Å². The zero-order valence-corrected chi connectivity index (χ0v) is 18.4. The normalized spacial score (nSPS) is 15.4. The number of hydrogen-bond acceptors (Lipinski definition) is 7. The SMILES string of the molecule is O=C1C[C@H](c2cccs2)Cc2nc(Nc3nc(-c4ccccc4)c4ccccc4n3)ncc21. The summed E-state index contributed by atoms with van der Waals surface area (Å²) in [4.78, 5) is 32.4. The van der Waals surface area contributed by atoms with Gasteiger partial charge in [0.2, 0.25) is 11.9 Å². The quantitative estimate of drug-likeness (QED) is 0.373. The van der Waals surface area contributed by atoms with Crippen molar-refractivity contribution >= 4 is 39.9 Å². The Morgan fingerprint density at radius 1 is 0.848 bits per heavy atom. The number of nitrogens with one attached hydrogen (secondary N) is 1. The zero-order valence-electron chi connectivity index (χ0n) is 17.6. The van der Waals surface area contributed by atoms with Crippen LogP contribution in [-0.2, 0) is 6.42 Å². The molecule has 2 aromatic carbocycles. The van der Waals surface area contributed by atoms with Gasteiger partial charge in [-0.2, -0.15) is 0 Å². The number of Topliss-reactive ketones (excluding diaryl/α,β-unsaturated/α-hetero) is 1. The highest BCUT2D eigenvalue weighted by molar-refractivity contribution is 7.10. The van der Waals surface area contributed by atoms with E-state index in [0.717, 1.165) is 27.9 Å². The molecule has 5 aromatic rings. The first kappa shape index (κ1) is 19.7. The molecule has 0 bridgehead atoms. The van der Waals surface area contributed by atoms with Gasteiger partial charge in [-0.3, -0.25) is 10.1 Å². The predicted molar refractivity (Wildman–Crippen MR) is 130 cm³/mol. The Morgan fingerprint density at radius 2 is 1.70 bits per heavy atom. The van der Waals surface area contributed by atoms with E-state index in [1.54, 1.807) is 17.5 Å². The summed E-state index contributed by atoms with van der Waals surface area (Å²) in [7, 11) is 0. The Morgan fingerprint density at radius 3 is 2.55 bits per heavy atom. The average Bonchev–Trinajstić information content (AvgIpc) is 3.39. The van der Waals surface area contributed by atoms with Crippen molar-refractivity contribution in [2.45, 2.75) is 18.8 Å². The van der Waals surface area contributed by atoms with Gasteiger partial charge in [-0.05, 0) is 23.9 Å². The van der Waals surface area contributed by atoms with E-state index in [9.17, 15) is 4.79 Å². The van der Waals surface area contributed by atoms with Crippen molar-refractivity contribution in [3.63, 3.8) is 0 Å². The van der Waals surface area contributed by atoms with Crippen LogP contribution in [0.3, 0.4) is 0 Å². The Kier molecular flexibility index (Phi) is 4.88. The lowest BCUT2D eigenvalue weighted by Crippen LogP contribution is -2.20. The van der Waals surface area contributed by atoms with Gasteiger partial charge in [0.25, 0.3) is 0 Å². The molecular weight excluding hydrogens is 430 g/mol. The smallest absolute Gasteiger partial charge is 0.230 e. The van der Waals surface area contributed by atoms with Crippen LogP contribution >= 0.6 is 11.3 Å². The molecule has 7 heteroatoms. The molecule has 0 saturated carbocycles. The number of carbonyl (C=O) groups is 1. The minimum atomic E-state index is 0.0921. The topological polar surface area (TPSA) is 80.7 Å². The summed E-state index contributed by atoms with van der Waals surface area (Å²) < 4.78 is 0. The van der Waals surface area contributed by atoms with Gasteiger partial charge in [0.15, 0.2) is 5.78 Å². The predicted octanol–water partition coefficient (Wildman–Crippen LogP) is 5.80. The molecule has 0 fully saturated rings. The number of aromatic nitrogens is 4. The third-order valence-corrected chi connectivity index (χ3v) is 6.89. The molecule has 0 saturated heterocycles. The van der Waals surface area contributed by atoms with E-state index in [-0.39, 0.29) is 11.7 Å². The van der Waals surface area contributed by atoms with Crippen LogP contribution in [0.2, 0.25) is 0 Å². The van der Waals surface area contributed by atoms with Crippen molar-refractivity contribution in [3.8, 4) is 11.3 Å². The summed E-state index contributed by atoms with van der Waals surface area (Å²) in [6.07, 6.45) is 2.83. The van der Waals surface area contributed by atoms with Crippen LogP contribution in [0.4, 0.5) is 11.9 Å². The van der Waals surface area contributed by atoms with Gasteiger partial charge in [0.1, 0.15) is 0 Å². The van der Waals surface area contributed by atoms with E-state index < -0.39 is 0 Å². The van der Waals surface area contributed by atoms with Crippen molar-refractivity contribution < 1.29 is 4.79 Å². The highest BCUT2D eigenvalue weighted by Crippen LogP contribution is 2.34. The monoisotopic (exact) mass is 449 g/mol. The molecule has 33 heavy (non-hydrogen) atoms. The number of benzene rings is 2. The first-order valence-corrected chi connectivity index (χ1v) is 11.6. The van der Waals surface area contributed by atoms with Crippen LogP contribution in [0.15, 0.2) is 78.3 Å². The van der Waals surface area contributed by atoms with E-state index >= 15 is 0 Å². The zero-order chi connectivity index (χ0) is 22.2. The second-order valence-corrected chi connectivity index (χ2v) is 8.98. The summed E-state index contributed by atoms with van der Waals surface area (Å²) in [5.74, 6) is 1.07. The van der Waals surface area contributed by atoms with Gasteiger partial charge < -0.3 is 0 Å². The van der Waals surface area contributed by atoms with Gasteiger partial charge in [-0.25, -0.2) is 19.9 Å². The van der Waals surface area contributed by atoms with E-state index in [2.05, 4.69) is 26.3 Å². The fraction of sp³-hybridized carbons (Fsp3) is 0.115. The summed E-state index contributed by atoms with van der Waals surface area (Å²) in [6.45, 7) is 0. The van der Waals surface area contributed by atoms with Crippen LogP contribution in [0.1, 0.15) is 33.3 Å². The Balaban J connectivity index is 1.37. The summed E-state index contributed by atoms with van der Waals surface area (Å²) in [5, 5.41) is 6.19. The van der Waals surface area contributed by atoms with E-state index in [4.69, 9.17) is 4.98 Å². The first-order valence-electron chi connectivity index (χ1n) is 10.8. The van der Waals surface area contributed by atoms with Crippen LogP contribution in [0.5, 0.6) is 0 Å². The fourth-order valence-corrected chi connectivity index (χ4v) is 5.11. The molecule has 0 unspecified atom stereocenters. The Hall–Kier alpha value is -3.97. The van der Waals surface area contributed by atoms with Crippen molar-refractivity contribution in [3.05, 3.63) is 94.4 Å². The molecule has 160 valence electrons. The summed E-state index contributed by atoms with van der Waals surface area (Å²) >= 11 is 1.68. The highest BCUT2D eigenvalue weighted by atomic mass is 32.1. The maximum atomic E-state index is 12.7. The third kappa shape index (κ3) is 3.76. The number of thiophene rings is 1. The number of hydrogen-bond donors (Lipinski definition) is 1. The minimum absolute atomic E-state index is 0.0921. The van der Waals surface area contributed by atoms with Crippen molar-refractivity contribution in [1.82, 2.24) is 19.9 Å². The maximum absolute atomic E-state index is 12.7. The standard InChI is InChI=1S/C26H19N5OS/c32-22-14-17(23-11-6-12-33-23)13-21-19(22)15-27-25(29-21)31-26-28-20-10-5-4-9-18(20)24(30-26)16-7-2-1-3-8-16/h1-12,15,17H,13-14H2,(H,27,28,29,30,31)/t17-/m1/s1. The second kappa shape index (κ2) is 8.18. The molecular formula is C26H19N5OS.